The lowest BCUT2D eigenvalue weighted by molar-refractivity contribution is -0.0136. The average molecular weight is 293 g/mol. The van der Waals surface area contributed by atoms with Crippen LogP contribution in [0.4, 0.5) is 4.79 Å². The Balaban J connectivity index is 1.54. The van der Waals surface area contributed by atoms with E-state index in [0.717, 1.165) is 37.0 Å². The fourth-order valence-corrected chi connectivity index (χ4v) is 5.43. The summed E-state index contributed by atoms with van der Waals surface area (Å²) in [5.74, 6) is 2.59. The van der Waals surface area contributed by atoms with Crippen molar-refractivity contribution in [3.8, 4) is 0 Å². The largest absolute Gasteiger partial charge is 0.334 e. The normalized spacial score (nSPS) is 38.3. The van der Waals surface area contributed by atoms with Crippen molar-refractivity contribution in [2.45, 2.75) is 76.3 Å². The van der Waals surface area contributed by atoms with E-state index in [2.05, 4.69) is 17.6 Å². The second kappa shape index (κ2) is 6.15. The summed E-state index contributed by atoms with van der Waals surface area (Å²) < 4.78 is 0. The number of unbranched alkanes of at least 4 members (excludes halogenated alkanes) is 1. The maximum atomic E-state index is 12.4. The molecule has 21 heavy (non-hydrogen) atoms. The minimum Gasteiger partial charge on any atom is -0.334 e. The summed E-state index contributed by atoms with van der Waals surface area (Å²) in [5, 5.41) is 6.46. The topological polar surface area (TPSA) is 67.1 Å². The number of urea groups is 1. The maximum Gasteiger partial charge on any atom is 0.315 e. The molecule has 0 aromatic carbocycles. The van der Waals surface area contributed by atoms with Gasteiger partial charge in [0.15, 0.2) is 0 Å². The number of hydrogen-bond donors (Lipinski definition) is 3. The SMILES string of the molecule is CCCCC(CN)NC(=O)NC12CC3CC(CC(C3)C1)C2. The van der Waals surface area contributed by atoms with Gasteiger partial charge in [-0.25, -0.2) is 4.79 Å². The first-order valence-electron chi connectivity index (χ1n) is 8.91. The van der Waals surface area contributed by atoms with Crippen molar-refractivity contribution >= 4 is 6.03 Å². The lowest BCUT2D eigenvalue weighted by atomic mass is 9.53. The predicted molar refractivity (Wildman–Crippen MR) is 84.9 cm³/mol. The summed E-state index contributed by atoms with van der Waals surface area (Å²) >= 11 is 0. The van der Waals surface area contributed by atoms with Crippen LogP contribution < -0.4 is 16.4 Å². The molecule has 0 aliphatic heterocycles. The molecule has 1 atom stereocenters. The van der Waals surface area contributed by atoms with Crippen LogP contribution in [-0.4, -0.2) is 24.2 Å². The van der Waals surface area contributed by atoms with Gasteiger partial charge in [0.05, 0.1) is 0 Å². The standard InChI is InChI=1S/C17H31N3O/c1-2-3-4-15(11-18)19-16(21)20-17-8-12-5-13(9-17)7-14(6-12)10-17/h12-15H,2-11,18H2,1H3,(H2,19,20,21). The third kappa shape index (κ3) is 3.36. The minimum absolute atomic E-state index is 0.0171. The summed E-state index contributed by atoms with van der Waals surface area (Å²) in [7, 11) is 0. The minimum atomic E-state index is 0.0171. The third-order valence-electron chi connectivity index (χ3n) is 5.94. The Labute approximate surface area is 128 Å². The summed E-state index contributed by atoms with van der Waals surface area (Å²) in [6.07, 6.45) is 11.1. The van der Waals surface area contributed by atoms with Gasteiger partial charge < -0.3 is 16.4 Å². The molecule has 2 amide bonds. The molecule has 4 nitrogen and oxygen atoms in total. The molecule has 4 N–H and O–H groups in total. The van der Waals surface area contributed by atoms with Crippen LogP contribution in [0.2, 0.25) is 0 Å². The Morgan fingerprint density at radius 2 is 1.76 bits per heavy atom. The van der Waals surface area contributed by atoms with Crippen molar-refractivity contribution in [1.29, 1.82) is 0 Å². The molecule has 0 aromatic heterocycles. The van der Waals surface area contributed by atoms with E-state index in [1.807, 2.05) is 0 Å². The van der Waals surface area contributed by atoms with E-state index >= 15 is 0 Å². The number of rotatable bonds is 6. The molecule has 4 fully saturated rings. The van der Waals surface area contributed by atoms with Gasteiger partial charge in [-0.3, -0.25) is 0 Å². The molecule has 4 aliphatic rings. The maximum absolute atomic E-state index is 12.4. The molecule has 0 saturated heterocycles. The fourth-order valence-electron chi connectivity index (χ4n) is 5.43. The highest BCUT2D eigenvalue weighted by Crippen LogP contribution is 2.55. The Morgan fingerprint density at radius 3 is 2.24 bits per heavy atom. The van der Waals surface area contributed by atoms with E-state index in [9.17, 15) is 4.79 Å². The number of hydrogen-bond acceptors (Lipinski definition) is 2. The zero-order valence-corrected chi connectivity index (χ0v) is 13.4. The van der Waals surface area contributed by atoms with Gasteiger partial charge in [-0.15, -0.1) is 0 Å². The molecule has 0 heterocycles. The van der Waals surface area contributed by atoms with Crippen LogP contribution in [0, 0.1) is 17.8 Å². The van der Waals surface area contributed by atoms with Crippen LogP contribution in [0.3, 0.4) is 0 Å². The van der Waals surface area contributed by atoms with E-state index < -0.39 is 0 Å². The number of carbonyl (C=O) groups is 1. The highest BCUT2D eigenvalue weighted by Gasteiger charge is 2.51. The van der Waals surface area contributed by atoms with Gasteiger partial charge in [0.1, 0.15) is 0 Å². The Hall–Kier alpha value is -0.770. The zero-order valence-electron chi connectivity index (χ0n) is 13.4. The van der Waals surface area contributed by atoms with Gasteiger partial charge in [0.2, 0.25) is 0 Å². The van der Waals surface area contributed by atoms with Gasteiger partial charge in [0.25, 0.3) is 0 Å². The van der Waals surface area contributed by atoms with E-state index in [1.165, 1.54) is 38.5 Å². The van der Waals surface area contributed by atoms with Crippen molar-refractivity contribution in [2.24, 2.45) is 23.5 Å². The summed E-state index contributed by atoms with van der Waals surface area (Å²) in [5.41, 5.74) is 5.88. The molecule has 4 aliphatic carbocycles. The van der Waals surface area contributed by atoms with Crippen LogP contribution in [0.15, 0.2) is 0 Å². The first kappa shape index (κ1) is 15.1. The van der Waals surface area contributed by atoms with Crippen LogP contribution in [0.1, 0.15) is 64.7 Å². The van der Waals surface area contributed by atoms with Gasteiger partial charge in [0, 0.05) is 18.1 Å². The number of nitrogens with one attached hydrogen (secondary N) is 2. The van der Waals surface area contributed by atoms with E-state index in [1.54, 1.807) is 0 Å². The second-order valence-electron chi connectivity index (χ2n) is 7.87. The fraction of sp³-hybridized carbons (Fsp3) is 0.941. The molecule has 0 radical (unpaired) electrons. The molecule has 0 spiro atoms. The van der Waals surface area contributed by atoms with Gasteiger partial charge in [-0.2, -0.15) is 0 Å². The molecule has 4 rings (SSSR count). The molecule has 1 unspecified atom stereocenters. The molecular weight excluding hydrogens is 262 g/mol. The average Bonchev–Trinajstić information content (AvgIpc) is 2.41. The van der Waals surface area contributed by atoms with E-state index in [-0.39, 0.29) is 17.6 Å². The van der Waals surface area contributed by atoms with Crippen molar-refractivity contribution < 1.29 is 4.79 Å². The highest BCUT2D eigenvalue weighted by molar-refractivity contribution is 5.75. The first-order valence-corrected chi connectivity index (χ1v) is 8.91. The monoisotopic (exact) mass is 293 g/mol. The zero-order chi connectivity index (χ0) is 14.9. The van der Waals surface area contributed by atoms with E-state index in [0.29, 0.717) is 6.54 Å². The molecule has 120 valence electrons. The summed E-state index contributed by atoms with van der Waals surface area (Å²) in [6, 6.07) is 0.141. The van der Waals surface area contributed by atoms with Gasteiger partial charge in [-0.05, 0) is 62.7 Å². The van der Waals surface area contributed by atoms with Crippen molar-refractivity contribution in [3.63, 3.8) is 0 Å². The van der Waals surface area contributed by atoms with Crippen LogP contribution in [-0.2, 0) is 0 Å². The number of carbonyl (C=O) groups excluding carboxylic acids is 1. The quantitative estimate of drug-likeness (QED) is 0.705. The second-order valence-corrected chi connectivity index (χ2v) is 7.87. The number of nitrogens with two attached hydrogens (primary N) is 1. The lowest BCUT2D eigenvalue weighted by Crippen LogP contribution is -2.62. The smallest absolute Gasteiger partial charge is 0.315 e. The van der Waals surface area contributed by atoms with Crippen LogP contribution in [0.25, 0.3) is 0 Å². The Morgan fingerprint density at radius 1 is 1.19 bits per heavy atom. The van der Waals surface area contributed by atoms with Crippen LogP contribution in [0.5, 0.6) is 0 Å². The van der Waals surface area contributed by atoms with Gasteiger partial charge >= 0.3 is 6.03 Å². The Bertz CT molecular complexity index is 347. The molecule has 0 aromatic rings. The van der Waals surface area contributed by atoms with Crippen LogP contribution >= 0.6 is 0 Å². The van der Waals surface area contributed by atoms with Crippen molar-refractivity contribution in [2.75, 3.05) is 6.54 Å². The van der Waals surface area contributed by atoms with Gasteiger partial charge in [-0.1, -0.05) is 19.8 Å². The van der Waals surface area contributed by atoms with E-state index in [4.69, 9.17) is 5.73 Å². The Kier molecular flexibility index (Phi) is 4.43. The predicted octanol–water partition coefficient (Wildman–Crippen LogP) is 2.77. The molecular formula is C17H31N3O. The third-order valence-corrected chi connectivity index (χ3v) is 5.94. The molecule has 4 heteroatoms. The molecule has 4 saturated carbocycles. The first-order chi connectivity index (χ1) is 10.1. The lowest BCUT2D eigenvalue weighted by Gasteiger charge is -2.56. The van der Waals surface area contributed by atoms with Crippen molar-refractivity contribution in [3.05, 3.63) is 0 Å². The summed E-state index contributed by atoms with van der Waals surface area (Å²) in [4.78, 5) is 12.4. The number of amides is 2. The highest BCUT2D eigenvalue weighted by atomic mass is 16.2. The molecule has 4 bridgehead atoms. The summed E-state index contributed by atoms with van der Waals surface area (Å²) in [6.45, 7) is 2.71. The van der Waals surface area contributed by atoms with Crippen molar-refractivity contribution in [1.82, 2.24) is 10.6 Å².